The number of benzene rings is 2. The summed E-state index contributed by atoms with van der Waals surface area (Å²) in [5, 5.41) is 23.7. The number of hydrogen-bond acceptors (Lipinski definition) is 8. The van der Waals surface area contributed by atoms with Gasteiger partial charge in [0.05, 0.1) is 21.7 Å². The number of fused-ring (bicyclic) bond motifs is 5. The van der Waals surface area contributed by atoms with Crippen molar-refractivity contribution < 1.29 is 29.0 Å². The number of ketones is 1. The molecule has 12 heteroatoms. The molecule has 2 fully saturated rings. The zero-order valence-electron chi connectivity index (χ0n) is 18.6. The molecule has 5 rings (SSSR count). The maximum atomic E-state index is 13.5. The van der Waals surface area contributed by atoms with Gasteiger partial charge in [-0.15, -0.1) is 0 Å². The van der Waals surface area contributed by atoms with Crippen LogP contribution in [0.2, 0.25) is 0 Å². The van der Waals surface area contributed by atoms with Gasteiger partial charge in [0.2, 0.25) is 0 Å². The number of hydrogen-bond donors (Lipinski definition) is 0. The van der Waals surface area contributed by atoms with Crippen LogP contribution in [0, 0.1) is 43.9 Å². The molecule has 2 aromatic carbocycles. The van der Waals surface area contributed by atoms with E-state index >= 15 is 0 Å². The number of Topliss-reactive ketones (excluding diaryl/α,β-unsaturated/α-hetero) is 1. The lowest BCUT2D eigenvalue weighted by atomic mass is 9.85. The van der Waals surface area contributed by atoms with Gasteiger partial charge in [-0.1, -0.05) is 30.4 Å². The van der Waals surface area contributed by atoms with Gasteiger partial charge in [-0.25, -0.2) is 5.01 Å². The maximum absolute atomic E-state index is 13.5. The molecule has 1 saturated carbocycles. The second-order valence-corrected chi connectivity index (χ2v) is 8.89. The quantitative estimate of drug-likeness (QED) is 0.188. The standard InChI is InChI=1S/C24H18N4O8/c29-19(13-3-1-5-17(10-13)27(33)34)12-25(22(30)16-4-2-6-18(11-16)28(35)36)26-23(31)20-14-7-8-15(9-14)21(20)24(26)32/h1-8,10-11,14-15,20-21H,9,12H2/t14-,15-,20-,21+/m0/s1. The van der Waals surface area contributed by atoms with Crippen molar-refractivity contribution >= 4 is 34.9 Å². The topological polar surface area (TPSA) is 161 Å². The van der Waals surface area contributed by atoms with Crippen LogP contribution in [0.4, 0.5) is 11.4 Å². The molecule has 1 aliphatic heterocycles. The molecule has 4 atom stereocenters. The van der Waals surface area contributed by atoms with Gasteiger partial charge in [0, 0.05) is 35.4 Å². The van der Waals surface area contributed by atoms with E-state index in [4.69, 9.17) is 0 Å². The van der Waals surface area contributed by atoms with Crippen LogP contribution >= 0.6 is 0 Å². The number of rotatable bonds is 7. The van der Waals surface area contributed by atoms with Crippen LogP contribution in [0.5, 0.6) is 0 Å². The first kappa shape index (κ1) is 23.0. The smallest absolute Gasteiger partial charge is 0.273 e. The molecule has 36 heavy (non-hydrogen) atoms. The first-order valence-electron chi connectivity index (χ1n) is 11.1. The van der Waals surface area contributed by atoms with Gasteiger partial charge in [0.1, 0.15) is 6.54 Å². The number of amides is 3. The summed E-state index contributed by atoms with van der Waals surface area (Å²) in [6, 6.07) is 9.57. The minimum Gasteiger partial charge on any atom is -0.292 e. The summed E-state index contributed by atoms with van der Waals surface area (Å²) in [5.74, 6) is -4.55. The Morgan fingerprint density at radius 3 is 1.89 bits per heavy atom. The highest BCUT2D eigenvalue weighted by Crippen LogP contribution is 2.52. The molecule has 2 aromatic rings. The fourth-order valence-electron chi connectivity index (χ4n) is 5.28. The van der Waals surface area contributed by atoms with Gasteiger partial charge in [0.25, 0.3) is 29.1 Å². The Hall–Kier alpha value is -4.74. The predicted octanol–water partition coefficient (Wildman–Crippen LogP) is 2.55. The number of non-ortho nitro benzene ring substituents is 2. The lowest BCUT2D eigenvalue weighted by molar-refractivity contribution is -0.385. The van der Waals surface area contributed by atoms with Crippen molar-refractivity contribution in [1.82, 2.24) is 10.0 Å². The number of imide groups is 1. The third-order valence-corrected chi connectivity index (χ3v) is 6.90. The monoisotopic (exact) mass is 490 g/mol. The lowest BCUT2D eigenvalue weighted by Crippen LogP contribution is -2.52. The molecule has 182 valence electrons. The van der Waals surface area contributed by atoms with Crippen molar-refractivity contribution in [1.29, 1.82) is 0 Å². The summed E-state index contributed by atoms with van der Waals surface area (Å²) in [5.41, 5.74) is -1.02. The van der Waals surface area contributed by atoms with Crippen LogP contribution < -0.4 is 0 Å². The van der Waals surface area contributed by atoms with Gasteiger partial charge >= 0.3 is 0 Å². The Morgan fingerprint density at radius 2 is 1.36 bits per heavy atom. The summed E-state index contributed by atoms with van der Waals surface area (Å²) in [6.07, 6.45) is 4.41. The Balaban J connectivity index is 1.52. The first-order chi connectivity index (χ1) is 17.2. The highest BCUT2D eigenvalue weighted by atomic mass is 16.6. The number of nitro groups is 2. The Kier molecular flexibility index (Phi) is 5.43. The first-order valence-corrected chi connectivity index (χ1v) is 11.1. The van der Waals surface area contributed by atoms with E-state index in [2.05, 4.69) is 0 Å². The highest BCUT2D eigenvalue weighted by Gasteiger charge is 2.61. The molecule has 0 N–H and O–H groups in total. The summed E-state index contributed by atoms with van der Waals surface area (Å²) in [6.45, 7) is -0.775. The zero-order valence-corrected chi connectivity index (χ0v) is 18.6. The summed E-state index contributed by atoms with van der Waals surface area (Å²) < 4.78 is 0. The normalized spacial score (nSPS) is 23.6. The van der Waals surface area contributed by atoms with E-state index in [1.54, 1.807) is 0 Å². The molecule has 0 unspecified atom stereocenters. The number of hydrazine groups is 1. The van der Waals surface area contributed by atoms with Crippen LogP contribution in [0.3, 0.4) is 0 Å². The second kappa shape index (κ2) is 8.48. The van der Waals surface area contributed by atoms with E-state index in [0.717, 1.165) is 12.1 Å². The summed E-state index contributed by atoms with van der Waals surface area (Å²) in [7, 11) is 0. The Bertz CT molecular complexity index is 1360. The van der Waals surface area contributed by atoms with Crippen molar-refractivity contribution in [2.45, 2.75) is 6.42 Å². The molecule has 0 radical (unpaired) electrons. The van der Waals surface area contributed by atoms with Crippen molar-refractivity contribution in [3.8, 4) is 0 Å². The van der Waals surface area contributed by atoms with Crippen molar-refractivity contribution in [2.24, 2.45) is 23.7 Å². The molecule has 3 amide bonds. The number of allylic oxidation sites excluding steroid dienone is 2. The second-order valence-electron chi connectivity index (χ2n) is 8.89. The number of nitrogens with zero attached hydrogens (tertiary/aromatic N) is 4. The van der Waals surface area contributed by atoms with E-state index < -0.39 is 51.7 Å². The SMILES string of the molecule is O=C(CN(C(=O)c1cccc([N+](=O)[O-])c1)N1C(=O)[C@@H]2[C@H](C1=O)[C@H]1C=C[C@H]2C1)c1cccc([N+](=O)[O-])c1. The minimum absolute atomic E-state index is 0.0953. The van der Waals surface area contributed by atoms with Crippen LogP contribution in [-0.2, 0) is 9.59 Å². The predicted molar refractivity (Wildman–Crippen MR) is 121 cm³/mol. The average molecular weight is 490 g/mol. The molecule has 0 spiro atoms. The summed E-state index contributed by atoms with van der Waals surface area (Å²) in [4.78, 5) is 74.3. The van der Waals surface area contributed by atoms with E-state index in [0.29, 0.717) is 16.4 Å². The third kappa shape index (κ3) is 3.63. The van der Waals surface area contributed by atoms with Gasteiger partial charge in [-0.2, -0.15) is 5.01 Å². The fourth-order valence-corrected chi connectivity index (χ4v) is 5.28. The Morgan fingerprint density at radius 1 is 0.861 bits per heavy atom. The van der Waals surface area contributed by atoms with E-state index in [-0.39, 0.29) is 34.3 Å². The summed E-state index contributed by atoms with van der Waals surface area (Å²) >= 11 is 0. The molecule has 0 aromatic heterocycles. The largest absolute Gasteiger partial charge is 0.292 e. The van der Waals surface area contributed by atoms with Crippen molar-refractivity contribution in [3.05, 3.63) is 92.0 Å². The molecule has 3 aliphatic rings. The number of carbonyl (C=O) groups is 4. The molecule has 2 bridgehead atoms. The van der Waals surface area contributed by atoms with E-state index in [1.165, 1.54) is 36.4 Å². The van der Waals surface area contributed by atoms with Gasteiger partial charge in [-0.05, 0) is 24.3 Å². The van der Waals surface area contributed by atoms with Gasteiger partial charge < -0.3 is 0 Å². The zero-order chi connectivity index (χ0) is 25.7. The average Bonchev–Trinajstić information content (AvgIpc) is 3.56. The van der Waals surface area contributed by atoms with Gasteiger partial charge in [-0.3, -0.25) is 39.4 Å². The maximum Gasteiger partial charge on any atom is 0.273 e. The van der Waals surface area contributed by atoms with Crippen molar-refractivity contribution in [2.75, 3.05) is 6.54 Å². The molecule has 1 saturated heterocycles. The van der Waals surface area contributed by atoms with Crippen LogP contribution in [0.25, 0.3) is 0 Å². The molecule has 12 nitrogen and oxygen atoms in total. The highest BCUT2D eigenvalue weighted by molar-refractivity contribution is 6.10. The Labute approximate surface area is 203 Å². The number of nitro benzene ring substituents is 2. The lowest BCUT2D eigenvalue weighted by Gasteiger charge is -2.30. The molecular weight excluding hydrogens is 472 g/mol. The molecule has 1 heterocycles. The number of carbonyl (C=O) groups excluding carboxylic acids is 4. The van der Waals surface area contributed by atoms with Crippen LogP contribution in [-0.4, -0.2) is 49.9 Å². The van der Waals surface area contributed by atoms with Crippen LogP contribution in [0.1, 0.15) is 27.1 Å². The van der Waals surface area contributed by atoms with Crippen molar-refractivity contribution in [3.63, 3.8) is 0 Å². The minimum atomic E-state index is -0.959. The molecular formula is C24H18N4O8. The van der Waals surface area contributed by atoms with E-state index in [9.17, 15) is 39.4 Å². The van der Waals surface area contributed by atoms with E-state index in [1.807, 2.05) is 12.2 Å². The van der Waals surface area contributed by atoms with Crippen LogP contribution in [0.15, 0.2) is 60.7 Å². The fraction of sp³-hybridized carbons (Fsp3) is 0.250. The molecule has 2 aliphatic carbocycles. The van der Waals surface area contributed by atoms with Gasteiger partial charge in [0.15, 0.2) is 5.78 Å². The third-order valence-electron chi connectivity index (χ3n) is 6.90.